The molecule has 1 N–H and O–H groups in total. The molecule has 0 bridgehead atoms. The number of nitrogens with one attached hydrogen (secondary N) is 1. The summed E-state index contributed by atoms with van der Waals surface area (Å²) < 4.78 is 29.7. The zero-order valence-corrected chi connectivity index (χ0v) is 15.0. The Labute approximate surface area is 146 Å². The minimum absolute atomic E-state index is 0.138. The lowest BCUT2D eigenvalue weighted by atomic mass is 10.1. The van der Waals surface area contributed by atoms with Crippen LogP contribution in [-0.4, -0.2) is 35.7 Å². The third-order valence-corrected chi connectivity index (χ3v) is 3.43. The lowest BCUT2D eigenvalue weighted by Gasteiger charge is -2.16. The van der Waals surface area contributed by atoms with E-state index >= 15 is 0 Å². The van der Waals surface area contributed by atoms with Crippen LogP contribution >= 0.6 is 0 Å². The number of hydrogen-bond acceptors (Lipinski definition) is 6. The fourth-order valence-electron chi connectivity index (χ4n) is 2.15. The maximum absolute atomic E-state index is 12.6. The molecule has 0 radical (unpaired) electrons. The molecule has 2 aromatic rings. The third kappa shape index (κ3) is 5.23. The van der Waals surface area contributed by atoms with Gasteiger partial charge in [-0.1, -0.05) is 31.5 Å². The van der Waals surface area contributed by atoms with Gasteiger partial charge in [-0.05, 0) is 13.0 Å². The van der Waals surface area contributed by atoms with Gasteiger partial charge in [-0.15, -0.1) is 0 Å². The molecule has 8 heteroatoms. The van der Waals surface area contributed by atoms with Gasteiger partial charge >= 0.3 is 6.61 Å². The van der Waals surface area contributed by atoms with Crippen molar-refractivity contribution in [1.82, 2.24) is 15.0 Å². The second kappa shape index (κ2) is 8.04. The van der Waals surface area contributed by atoms with Crippen LogP contribution < -0.4 is 15.0 Å². The first-order valence-corrected chi connectivity index (χ1v) is 7.97. The molecule has 1 aromatic carbocycles. The molecule has 1 aromatic heterocycles. The molecule has 0 unspecified atom stereocenters. The van der Waals surface area contributed by atoms with Gasteiger partial charge in [-0.2, -0.15) is 23.7 Å². The number of hydrogen-bond donors (Lipinski definition) is 1. The minimum atomic E-state index is -2.87. The first-order valence-electron chi connectivity index (χ1n) is 7.97. The van der Waals surface area contributed by atoms with Crippen LogP contribution in [0.2, 0.25) is 0 Å². The highest BCUT2D eigenvalue weighted by Crippen LogP contribution is 2.23. The largest absolute Gasteiger partial charge is 0.434 e. The molecule has 25 heavy (non-hydrogen) atoms. The summed E-state index contributed by atoms with van der Waals surface area (Å²) in [4.78, 5) is 14.9. The van der Waals surface area contributed by atoms with E-state index in [9.17, 15) is 8.78 Å². The van der Waals surface area contributed by atoms with E-state index < -0.39 is 6.61 Å². The topological polar surface area (TPSA) is 63.2 Å². The van der Waals surface area contributed by atoms with Crippen LogP contribution in [0, 0.1) is 6.92 Å². The summed E-state index contributed by atoms with van der Waals surface area (Å²) in [5, 5.41) is 3.08. The van der Waals surface area contributed by atoms with Gasteiger partial charge in [0.15, 0.2) is 0 Å². The Morgan fingerprint density at radius 1 is 1.16 bits per heavy atom. The highest BCUT2D eigenvalue weighted by atomic mass is 19.3. The van der Waals surface area contributed by atoms with Crippen molar-refractivity contribution in [2.45, 2.75) is 39.8 Å². The Morgan fingerprint density at radius 2 is 1.88 bits per heavy atom. The van der Waals surface area contributed by atoms with E-state index in [2.05, 4.69) is 25.0 Å². The Balaban J connectivity index is 2.25. The Hall–Kier alpha value is -2.51. The molecule has 0 fully saturated rings. The van der Waals surface area contributed by atoms with E-state index in [-0.39, 0.29) is 18.2 Å². The van der Waals surface area contributed by atoms with Crippen molar-refractivity contribution in [3.8, 4) is 5.75 Å². The molecular weight excluding hydrogens is 328 g/mol. The van der Waals surface area contributed by atoms with Gasteiger partial charge in [0.05, 0.1) is 0 Å². The molecule has 0 atom stereocenters. The Bertz CT molecular complexity index is 696. The second-order valence-electron chi connectivity index (χ2n) is 6.21. The number of aromatic nitrogens is 3. The predicted molar refractivity (Wildman–Crippen MR) is 93.4 cm³/mol. The number of anilines is 2. The zero-order valence-electron chi connectivity index (χ0n) is 15.0. The molecule has 0 aliphatic rings. The molecule has 0 saturated carbocycles. The van der Waals surface area contributed by atoms with Gasteiger partial charge in [0, 0.05) is 32.1 Å². The van der Waals surface area contributed by atoms with Gasteiger partial charge in [-0.3, -0.25) is 0 Å². The standard InChI is InChI=1S/C17H23F2N5O/c1-10(2)14-21-16(23-17(22-14)24(4)5)20-9-12-8-11(3)6-7-13(12)25-15(18)19/h6-8,10,15H,9H2,1-5H3,(H,20,21,22,23). The lowest BCUT2D eigenvalue weighted by molar-refractivity contribution is -0.0504. The highest BCUT2D eigenvalue weighted by molar-refractivity contribution is 5.41. The van der Waals surface area contributed by atoms with Gasteiger partial charge in [0.1, 0.15) is 11.6 Å². The number of rotatable bonds is 7. The van der Waals surface area contributed by atoms with Crippen molar-refractivity contribution in [1.29, 1.82) is 0 Å². The number of alkyl halides is 2. The first kappa shape index (κ1) is 18.8. The van der Waals surface area contributed by atoms with Crippen molar-refractivity contribution in [2.75, 3.05) is 24.3 Å². The molecule has 1 heterocycles. The minimum Gasteiger partial charge on any atom is -0.434 e. The van der Waals surface area contributed by atoms with Gasteiger partial charge in [0.2, 0.25) is 11.9 Å². The Kier molecular flexibility index (Phi) is 6.06. The smallest absolute Gasteiger partial charge is 0.387 e. The number of benzene rings is 1. The molecular formula is C17H23F2N5O. The lowest BCUT2D eigenvalue weighted by Crippen LogP contribution is -2.17. The fourth-order valence-corrected chi connectivity index (χ4v) is 2.15. The molecule has 136 valence electrons. The van der Waals surface area contributed by atoms with Crippen molar-refractivity contribution < 1.29 is 13.5 Å². The summed E-state index contributed by atoms with van der Waals surface area (Å²) in [6.07, 6.45) is 0. The van der Waals surface area contributed by atoms with Gasteiger partial charge < -0.3 is 15.0 Å². The van der Waals surface area contributed by atoms with Crippen molar-refractivity contribution in [2.24, 2.45) is 0 Å². The monoisotopic (exact) mass is 351 g/mol. The maximum atomic E-state index is 12.6. The van der Waals surface area contributed by atoms with Crippen molar-refractivity contribution in [3.63, 3.8) is 0 Å². The second-order valence-corrected chi connectivity index (χ2v) is 6.21. The first-order chi connectivity index (χ1) is 11.8. The number of ether oxygens (including phenoxy) is 1. The summed E-state index contributed by atoms with van der Waals surface area (Å²) in [7, 11) is 3.69. The number of aryl methyl sites for hydroxylation is 1. The summed E-state index contributed by atoms with van der Waals surface area (Å²) in [5.41, 5.74) is 1.56. The van der Waals surface area contributed by atoms with E-state index in [0.29, 0.717) is 23.3 Å². The molecule has 0 aliphatic heterocycles. The molecule has 2 rings (SSSR count). The quantitative estimate of drug-likeness (QED) is 0.823. The third-order valence-electron chi connectivity index (χ3n) is 3.43. The highest BCUT2D eigenvalue weighted by Gasteiger charge is 2.13. The summed E-state index contributed by atoms with van der Waals surface area (Å²) in [6, 6.07) is 5.06. The van der Waals surface area contributed by atoms with E-state index in [0.717, 1.165) is 5.56 Å². The summed E-state index contributed by atoms with van der Waals surface area (Å²) in [6.45, 7) is 3.27. The predicted octanol–water partition coefficient (Wildman–Crippen LogP) is 3.58. The molecule has 0 aliphatic carbocycles. The normalized spacial score (nSPS) is 11.1. The number of halogens is 2. The average Bonchev–Trinajstić information content (AvgIpc) is 2.54. The number of nitrogens with zero attached hydrogens (tertiary/aromatic N) is 4. The zero-order chi connectivity index (χ0) is 18.6. The molecule has 0 amide bonds. The van der Waals surface area contributed by atoms with Crippen LogP contribution in [0.25, 0.3) is 0 Å². The van der Waals surface area contributed by atoms with E-state index in [1.54, 1.807) is 17.0 Å². The molecule has 0 saturated heterocycles. The summed E-state index contributed by atoms with van der Waals surface area (Å²) >= 11 is 0. The van der Waals surface area contributed by atoms with Crippen LogP contribution in [0.1, 0.15) is 36.7 Å². The van der Waals surface area contributed by atoms with Crippen LogP contribution in [0.4, 0.5) is 20.7 Å². The van der Waals surface area contributed by atoms with E-state index in [1.807, 2.05) is 34.9 Å². The van der Waals surface area contributed by atoms with Crippen LogP contribution in [0.3, 0.4) is 0 Å². The van der Waals surface area contributed by atoms with Gasteiger partial charge in [-0.25, -0.2) is 0 Å². The maximum Gasteiger partial charge on any atom is 0.387 e. The van der Waals surface area contributed by atoms with Crippen molar-refractivity contribution in [3.05, 3.63) is 35.2 Å². The van der Waals surface area contributed by atoms with Crippen molar-refractivity contribution >= 4 is 11.9 Å². The van der Waals surface area contributed by atoms with Gasteiger partial charge in [0.25, 0.3) is 0 Å². The SMILES string of the molecule is Cc1ccc(OC(F)F)c(CNc2nc(C(C)C)nc(N(C)C)n2)c1. The van der Waals surface area contributed by atoms with E-state index in [1.165, 1.54) is 6.07 Å². The van der Waals surface area contributed by atoms with E-state index in [4.69, 9.17) is 0 Å². The Morgan fingerprint density at radius 3 is 2.48 bits per heavy atom. The fraction of sp³-hybridized carbons (Fsp3) is 0.471. The molecule has 0 spiro atoms. The van der Waals surface area contributed by atoms with Crippen LogP contribution in [0.5, 0.6) is 5.75 Å². The molecule has 6 nitrogen and oxygen atoms in total. The average molecular weight is 351 g/mol. The summed E-state index contributed by atoms with van der Waals surface area (Å²) in [5.74, 6) is 1.87. The van der Waals surface area contributed by atoms with Crippen LogP contribution in [0.15, 0.2) is 18.2 Å². The van der Waals surface area contributed by atoms with Crippen LogP contribution in [-0.2, 0) is 6.54 Å².